The summed E-state index contributed by atoms with van der Waals surface area (Å²) in [7, 11) is 0. The van der Waals surface area contributed by atoms with Crippen molar-refractivity contribution in [3.05, 3.63) is 11.4 Å². The average molecular weight is 262 g/mol. The number of rotatable bonds is 6. The second-order valence-corrected chi connectivity index (χ2v) is 3.75. The largest absolute Gasteiger partial charge is 0.461 e. The number of carbonyl (C=O) groups excluding carboxylic acids is 1. The van der Waals surface area contributed by atoms with Gasteiger partial charge in [0.15, 0.2) is 5.69 Å². The van der Waals surface area contributed by atoms with Gasteiger partial charge in [-0.1, -0.05) is 12.1 Å². The van der Waals surface area contributed by atoms with Crippen molar-refractivity contribution in [3.8, 4) is 0 Å². The van der Waals surface area contributed by atoms with Crippen molar-refractivity contribution in [2.24, 2.45) is 0 Å². The van der Waals surface area contributed by atoms with Crippen LogP contribution in [0.3, 0.4) is 0 Å². The summed E-state index contributed by atoms with van der Waals surface area (Å²) in [6.07, 6.45) is 0.0600. The van der Waals surface area contributed by atoms with Gasteiger partial charge < -0.3 is 9.84 Å². The fourth-order valence-corrected chi connectivity index (χ4v) is 1.56. The highest BCUT2D eigenvalue weighted by atomic mass is 35.5. The third-order valence-electron chi connectivity index (χ3n) is 2.29. The molecule has 0 aliphatic heterocycles. The fraction of sp³-hybridized carbons (Fsp3) is 0.700. The first-order valence-electron chi connectivity index (χ1n) is 5.47. The van der Waals surface area contributed by atoms with E-state index in [2.05, 4.69) is 10.3 Å². The smallest absolute Gasteiger partial charge is 0.360 e. The van der Waals surface area contributed by atoms with Gasteiger partial charge in [0.1, 0.15) is 0 Å². The number of hydrogen-bond donors (Lipinski definition) is 1. The zero-order chi connectivity index (χ0) is 12.8. The van der Waals surface area contributed by atoms with Crippen molar-refractivity contribution in [2.75, 3.05) is 6.61 Å². The Morgan fingerprint density at radius 1 is 1.59 bits per heavy atom. The van der Waals surface area contributed by atoms with Crippen LogP contribution >= 0.6 is 11.6 Å². The summed E-state index contributed by atoms with van der Waals surface area (Å²) in [5.41, 5.74) is 0.586. The van der Waals surface area contributed by atoms with Crippen molar-refractivity contribution in [1.29, 1.82) is 0 Å². The first-order chi connectivity index (χ1) is 8.13. The van der Waals surface area contributed by atoms with Gasteiger partial charge in [0.25, 0.3) is 0 Å². The molecule has 0 aromatic carbocycles. The molecule has 1 aromatic heterocycles. The minimum absolute atomic E-state index is 0.0948. The Bertz CT molecular complexity index is 381. The SMILES string of the molecule is CCOC(=O)c1nnn(CC(O)CC)c1CCl. The van der Waals surface area contributed by atoms with Crippen LogP contribution in [0, 0.1) is 0 Å². The summed E-state index contributed by atoms with van der Waals surface area (Å²) in [4.78, 5) is 11.5. The van der Waals surface area contributed by atoms with Gasteiger partial charge in [0.2, 0.25) is 0 Å². The molecule has 17 heavy (non-hydrogen) atoms. The van der Waals surface area contributed by atoms with E-state index in [1.54, 1.807) is 6.92 Å². The Balaban J connectivity index is 2.90. The van der Waals surface area contributed by atoms with E-state index >= 15 is 0 Å². The number of carbonyl (C=O) groups is 1. The lowest BCUT2D eigenvalue weighted by Gasteiger charge is -2.09. The lowest BCUT2D eigenvalue weighted by molar-refractivity contribution is 0.0518. The highest BCUT2D eigenvalue weighted by Crippen LogP contribution is 2.11. The van der Waals surface area contributed by atoms with E-state index in [-0.39, 0.29) is 24.7 Å². The van der Waals surface area contributed by atoms with E-state index in [0.717, 1.165) is 0 Å². The Labute approximate surface area is 105 Å². The molecule has 6 nitrogen and oxygen atoms in total. The number of aliphatic hydroxyl groups is 1. The summed E-state index contributed by atoms with van der Waals surface area (Å²) in [5, 5.41) is 17.1. The van der Waals surface area contributed by atoms with E-state index < -0.39 is 12.1 Å². The molecule has 0 fully saturated rings. The highest BCUT2D eigenvalue weighted by Gasteiger charge is 2.20. The number of halogens is 1. The van der Waals surface area contributed by atoms with Gasteiger partial charge >= 0.3 is 5.97 Å². The lowest BCUT2D eigenvalue weighted by Crippen LogP contribution is -2.18. The van der Waals surface area contributed by atoms with Crippen LogP contribution < -0.4 is 0 Å². The van der Waals surface area contributed by atoms with E-state index in [0.29, 0.717) is 12.1 Å². The van der Waals surface area contributed by atoms with Crippen molar-refractivity contribution >= 4 is 17.6 Å². The first-order valence-corrected chi connectivity index (χ1v) is 6.00. The Morgan fingerprint density at radius 3 is 2.82 bits per heavy atom. The van der Waals surface area contributed by atoms with Gasteiger partial charge in [-0.2, -0.15) is 0 Å². The van der Waals surface area contributed by atoms with Crippen LogP contribution in [0.5, 0.6) is 0 Å². The monoisotopic (exact) mass is 261 g/mol. The topological polar surface area (TPSA) is 77.2 Å². The van der Waals surface area contributed by atoms with Gasteiger partial charge in [0, 0.05) is 0 Å². The van der Waals surface area contributed by atoms with E-state index in [4.69, 9.17) is 16.3 Å². The quantitative estimate of drug-likeness (QED) is 0.610. The molecule has 0 radical (unpaired) electrons. The van der Waals surface area contributed by atoms with E-state index in [1.807, 2.05) is 6.92 Å². The standard InChI is InChI=1S/C10H16ClN3O3/c1-3-7(15)6-14-8(5-11)9(12-13-14)10(16)17-4-2/h7,15H,3-6H2,1-2H3. The highest BCUT2D eigenvalue weighted by molar-refractivity contribution is 6.17. The maximum absolute atomic E-state index is 11.5. The molecule has 1 N–H and O–H groups in total. The van der Waals surface area contributed by atoms with E-state index in [9.17, 15) is 9.90 Å². The molecule has 0 bridgehead atoms. The van der Waals surface area contributed by atoms with Gasteiger partial charge in [-0.3, -0.25) is 0 Å². The minimum Gasteiger partial charge on any atom is -0.461 e. The average Bonchev–Trinajstić information content (AvgIpc) is 2.72. The second kappa shape index (κ2) is 6.56. The van der Waals surface area contributed by atoms with Crippen LogP contribution in [0.2, 0.25) is 0 Å². The molecule has 0 saturated heterocycles. The number of aliphatic hydroxyl groups excluding tert-OH is 1. The van der Waals surface area contributed by atoms with Crippen LogP contribution in [0.1, 0.15) is 36.5 Å². The van der Waals surface area contributed by atoms with Crippen LogP contribution in [-0.2, 0) is 17.2 Å². The predicted octanol–water partition coefficient (Wildman–Crippen LogP) is 0.964. The number of alkyl halides is 1. The maximum Gasteiger partial charge on any atom is 0.360 e. The molecular weight excluding hydrogens is 246 g/mol. The van der Waals surface area contributed by atoms with Crippen molar-refractivity contribution in [3.63, 3.8) is 0 Å². The number of hydrogen-bond acceptors (Lipinski definition) is 5. The summed E-state index contributed by atoms with van der Waals surface area (Å²) < 4.78 is 6.28. The van der Waals surface area contributed by atoms with Crippen LogP contribution in [0.4, 0.5) is 0 Å². The number of nitrogens with zero attached hydrogens (tertiary/aromatic N) is 3. The van der Waals surface area contributed by atoms with Crippen LogP contribution in [0.25, 0.3) is 0 Å². The van der Waals surface area contributed by atoms with Crippen LogP contribution in [-0.4, -0.2) is 38.8 Å². The molecule has 1 atom stereocenters. The number of ether oxygens (including phenoxy) is 1. The summed E-state index contributed by atoms with van der Waals surface area (Å²) in [6, 6.07) is 0. The molecule has 0 spiro atoms. The summed E-state index contributed by atoms with van der Waals surface area (Å²) in [5.74, 6) is -0.446. The van der Waals surface area contributed by atoms with Gasteiger partial charge in [-0.05, 0) is 13.3 Å². The fourth-order valence-electron chi connectivity index (χ4n) is 1.30. The molecule has 1 aromatic rings. The molecule has 0 aliphatic carbocycles. The third-order valence-corrected chi connectivity index (χ3v) is 2.54. The molecule has 1 unspecified atom stereocenters. The Kier molecular flexibility index (Phi) is 5.37. The minimum atomic E-state index is -0.541. The molecular formula is C10H16ClN3O3. The van der Waals surface area contributed by atoms with Crippen molar-refractivity contribution < 1.29 is 14.6 Å². The number of esters is 1. The molecule has 96 valence electrons. The van der Waals surface area contributed by atoms with Crippen LogP contribution in [0.15, 0.2) is 0 Å². The zero-order valence-corrected chi connectivity index (χ0v) is 10.6. The third kappa shape index (κ3) is 3.41. The van der Waals surface area contributed by atoms with Crippen molar-refractivity contribution in [2.45, 2.75) is 38.8 Å². The molecule has 0 aliphatic rings. The molecule has 0 amide bonds. The molecule has 7 heteroatoms. The first kappa shape index (κ1) is 13.9. The maximum atomic E-state index is 11.5. The zero-order valence-electron chi connectivity index (χ0n) is 9.89. The molecule has 0 saturated carbocycles. The predicted molar refractivity (Wildman–Crippen MR) is 61.8 cm³/mol. The normalized spacial score (nSPS) is 12.5. The number of aromatic nitrogens is 3. The van der Waals surface area contributed by atoms with Crippen molar-refractivity contribution in [1.82, 2.24) is 15.0 Å². The molecule has 1 rings (SSSR count). The summed E-state index contributed by atoms with van der Waals surface area (Å²) >= 11 is 5.76. The molecule has 1 heterocycles. The second-order valence-electron chi connectivity index (χ2n) is 3.48. The Morgan fingerprint density at radius 2 is 2.29 bits per heavy atom. The lowest BCUT2D eigenvalue weighted by atomic mass is 10.2. The van der Waals surface area contributed by atoms with Gasteiger partial charge in [0.05, 0.1) is 30.8 Å². The summed E-state index contributed by atoms with van der Waals surface area (Å²) in [6.45, 7) is 4.10. The van der Waals surface area contributed by atoms with Gasteiger partial charge in [-0.15, -0.1) is 16.7 Å². The Hall–Kier alpha value is -1.14. The van der Waals surface area contributed by atoms with E-state index in [1.165, 1.54) is 4.68 Å². The van der Waals surface area contributed by atoms with Gasteiger partial charge in [-0.25, -0.2) is 9.48 Å².